The second-order valence-electron chi connectivity index (χ2n) is 6.37. The minimum Gasteiger partial charge on any atom is -0.439 e. The maximum atomic E-state index is 5.99. The Bertz CT molecular complexity index is 764. The summed E-state index contributed by atoms with van der Waals surface area (Å²) in [6, 6.07) is 14.4. The van der Waals surface area contributed by atoms with Crippen LogP contribution in [0.5, 0.6) is 0 Å². The highest BCUT2D eigenvalue weighted by molar-refractivity contribution is 7.09. The van der Waals surface area contributed by atoms with E-state index in [2.05, 4.69) is 27.4 Å². The lowest BCUT2D eigenvalue weighted by Gasteiger charge is -2.23. The van der Waals surface area contributed by atoms with Crippen molar-refractivity contribution < 1.29 is 9.15 Å². The molecule has 1 saturated heterocycles. The molecule has 25 heavy (non-hydrogen) atoms. The average Bonchev–Trinajstić information content (AvgIpc) is 3.38. The van der Waals surface area contributed by atoms with Crippen molar-refractivity contribution in [2.45, 2.75) is 32.0 Å². The van der Waals surface area contributed by atoms with Crippen molar-refractivity contribution in [2.24, 2.45) is 0 Å². The predicted molar refractivity (Wildman–Crippen MR) is 99.3 cm³/mol. The van der Waals surface area contributed by atoms with Gasteiger partial charge in [-0.15, -0.1) is 11.3 Å². The molecule has 0 N–H and O–H groups in total. The third kappa shape index (κ3) is 4.37. The molecule has 3 aromatic rings. The van der Waals surface area contributed by atoms with Gasteiger partial charge in [-0.05, 0) is 24.3 Å². The van der Waals surface area contributed by atoms with E-state index in [1.165, 1.54) is 4.88 Å². The molecular weight excluding hydrogens is 332 g/mol. The molecule has 2 aromatic heterocycles. The molecule has 1 atom stereocenters. The Balaban J connectivity index is 1.46. The number of ether oxygens (including phenoxy) is 1. The van der Waals surface area contributed by atoms with Crippen molar-refractivity contribution >= 4 is 11.3 Å². The molecule has 0 amide bonds. The van der Waals surface area contributed by atoms with Gasteiger partial charge in [-0.3, -0.25) is 4.90 Å². The molecule has 0 radical (unpaired) electrons. The largest absolute Gasteiger partial charge is 0.439 e. The van der Waals surface area contributed by atoms with E-state index >= 15 is 0 Å². The summed E-state index contributed by atoms with van der Waals surface area (Å²) in [4.78, 5) is 8.22. The SMILES string of the molecule is c1ccc(-c2cnc(CN(Cc3cccs3)CC3CCCO3)o2)cc1. The molecule has 1 aliphatic heterocycles. The summed E-state index contributed by atoms with van der Waals surface area (Å²) in [6.45, 7) is 3.40. The summed E-state index contributed by atoms with van der Waals surface area (Å²) in [7, 11) is 0. The van der Waals surface area contributed by atoms with Crippen LogP contribution in [0.25, 0.3) is 11.3 Å². The van der Waals surface area contributed by atoms with E-state index in [0.717, 1.165) is 49.8 Å². The van der Waals surface area contributed by atoms with Gasteiger partial charge < -0.3 is 9.15 Å². The number of aromatic nitrogens is 1. The minimum absolute atomic E-state index is 0.323. The average molecular weight is 354 g/mol. The smallest absolute Gasteiger partial charge is 0.209 e. The summed E-state index contributed by atoms with van der Waals surface area (Å²) >= 11 is 1.79. The number of hydrogen-bond acceptors (Lipinski definition) is 5. The van der Waals surface area contributed by atoms with E-state index in [9.17, 15) is 0 Å². The molecule has 0 aliphatic carbocycles. The molecular formula is C20H22N2O2S. The third-order valence-electron chi connectivity index (χ3n) is 4.42. The van der Waals surface area contributed by atoms with Crippen molar-refractivity contribution in [1.82, 2.24) is 9.88 Å². The number of thiophene rings is 1. The van der Waals surface area contributed by atoms with Crippen LogP contribution in [-0.4, -0.2) is 29.1 Å². The Kier molecular flexibility index (Phi) is 5.25. The summed E-state index contributed by atoms with van der Waals surface area (Å²) in [5, 5.41) is 2.12. The molecule has 0 spiro atoms. The molecule has 3 heterocycles. The van der Waals surface area contributed by atoms with Crippen LogP contribution in [0.2, 0.25) is 0 Å². The second kappa shape index (κ2) is 7.95. The molecule has 1 aliphatic rings. The quantitative estimate of drug-likeness (QED) is 0.622. The van der Waals surface area contributed by atoms with Crippen LogP contribution < -0.4 is 0 Å². The van der Waals surface area contributed by atoms with E-state index < -0.39 is 0 Å². The van der Waals surface area contributed by atoms with Gasteiger partial charge in [0.2, 0.25) is 5.89 Å². The Labute approximate surface area is 152 Å². The molecule has 0 saturated carbocycles. The van der Waals surface area contributed by atoms with Crippen molar-refractivity contribution in [3.63, 3.8) is 0 Å². The van der Waals surface area contributed by atoms with Gasteiger partial charge in [-0.25, -0.2) is 4.98 Å². The number of nitrogens with zero attached hydrogens (tertiary/aromatic N) is 2. The molecule has 130 valence electrons. The van der Waals surface area contributed by atoms with Crippen LogP contribution in [0.4, 0.5) is 0 Å². The lowest BCUT2D eigenvalue weighted by Crippen LogP contribution is -2.31. The molecule has 1 unspecified atom stereocenters. The maximum Gasteiger partial charge on any atom is 0.209 e. The summed E-state index contributed by atoms with van der Waals surface area (Å²) in [6.07, 6.45) is 4.44. The zero-order valence-electron chi connectivity index (χ0n) is 14.1. The maximum absolute atomic E-state index is 5.99. The van der Waals surface area contributed by atoms with Gasteiger partial charge in [0, 0.05) is 30.1 Å². The van der Waals surface area contributed by atoms with Crippen LogP contribution in [0.15, 0.2) is 58.5 Å². The second-order valence-corrected chi connectivity index (χ2v) is 7.40. The highest BCUT2D eigenvalue weighted by Gasteiger charge is 2.21. The molecule has 5 heteroatoms. The van der Waals surface area contributed by atoms with Crippen LogP contribution in [-0.2, 0) is 17.8 Å². The van der Waals surface area contributed by atoms with E-state index in [1.54, 1.807) is 11.3 Å². The fourth-order valence-corrected chi connectivity index (χ4v) is 3.94. The molecule has 0 bridgehead atoms. The number of oxazole rings is 1. The normalized spacial score (nSPS) is 17.4. The Morgan fingerprint density at radius 3 is 2.80 bits per heavy atom. The first-order chi connectivity index (χ1) is 12.4. The molecule has 1 aromatic carbocycles. The van der Waals surface area contributed by atoms with Crippen LogP contribution in [0, 0.1) is 0 Å². The third-order valence-corrected chi connectivity index (χ3v) is 5.28. The van der Waals surface area contributed by atoms with Gasteiger partial charge in [-0.1, -0.05) is 36.4 Å². The first-order valence-corrected chi connectivity index (χ1v) is 9.61. The van der Waals surface area contributed by atoms with Crippen molar-refractivity contribution in [3.05, 3.63) is 64.8 Å². The molecule has 1 fully saturated rings. The minimum atomic E-state index is 0.323. The number of benzene rings is 1. The van der Waals surface area contributed by atoms with E-state index in [0.29, 0.717) is 12.6 Å². The Morgan fingerprint density at radius 1 is 1.12 bits per heavy atom. The van der Waals surface area contributed by atoms with Gasteiger partial charge in [0.15, 0.2) is 5.76 Å². The highest BCUT2D eigenvalue weighted by Crippen LogP contribution is 2.22. The van der Waals surface area contributed by atoms with Crippen LogP contribution in [0.1, 0.15) is 23.6 Å². The predicted octanol–water partition coefficient (Wildman–Crippen LogP) is 4.58. The zero-order chi connectivity index (χ0) is 16.9. The first-order valence-electron chi connectivity index (χ1n) is 8.73. The fourth-order valence-electron chi connectivity index (χ4n) is 3.19. The van der Waals surface area contributed by atoms with Crippen molar-refractivity contribution in [3.8, 4) is 11.3 Å². The topological polar surface area (TPSA) is 38.5 Å². The zero-order valence-corrected chi connectivity index (χ0v) is 15.0. The summed E-state index contributed by atoms with van der Waals surface area (Å²) < 4.78 is 11.8. The van der Waals surface area contributed by atoms with E-state index in [4.69, 9.17) is 9.15 Å². The fraction of sp³-hybridized carbons (Fsp3) is 0.350. The van der Waals surface area contributed by atoms with Crippen LogP contribution in [0.3, 0.4) is 0 Å². The first kappa shape index (κ1) is 16.5. The van der Waals surface area contributed by atoms with Crippen molar-refractivity contribution in [1.29, 1.82) is 0 Å². The highest BCUT2D eigenvalue weighted by atomic mass is 32.1. The van der Waals surface area contributed by atoms with E-state index in [1.807, 2.05) is 36.5 Å². The van der Waals surface area contributed by atoms with Crippen molar-refractivity contribution in [2.75, 3.05) is 13.2 Å². The Morgan fingerprint density at radius 2 is 2.04 bits per heavy atom. The lowest BCUT2D eigenvalue weighted by molar-refractivity contribution is 0.0653. The van der Waals surface area contributed by atoms with Gasteiger partial charge in [0.25, 0.3) is 0 Å². The van der Waals surface area contributed by atoms with Crippen LogP contribution >= 0.6 is 11.3 Å². The van der Waals surface area contributed by atoms with Gasteiger partial charge >= 0.3 is 0 Å². The van der Waals surface area contributed by atoms with Gasteiger partial charge in [0.05, 0.1) is 18.8 Å². The van der Waals surface area contributed by atoms with Gasteiger partial charge in [0.1, 0.15) is 0 Å². The number of hydrogen-bond donors (Lipinski definition) is 0. The molecule has 4 rings (SSSR count). The monoisotopic (exact) mass is 354 g/mol. The lowest BCUT2D eigenvalue weighted by atomic mass is 10.2. The summed E-state index contributed by atoms with van der Waals surface area (Å²) in [5.41, 5.74) is 1.06. The standard InChI is InChI=1S/C20H22N2O2S/c1-2-6-16(7-3-1)19-12-21-20(24-19)15-22(13-17-8-4-10-23-17)14-18-9-5-11-25-18/h1-3,5-7,9,11-12,17H,4,8,10,13-15H2. The van der Waals surface area contributed by atoms with Gasteiger partial charge in [-0.2, -0.15) is 0 Å². The Hall–Kier alpha value is -1.95. The number of rotatable bonds is 7. The van der Waals surface area contributed by atoms with E-state index in [-0.39, 0.29) is 0 Å². The molecule has 4 nitrogen and oxygen atoms in total. The summed E-state index contributed by atoms with van der Waals surface area (Å²) in [5.74, 6) is 1.58.